The van der Waals surface area contributed by atoms with Crippen LogP contribution in [0.2, 0.25) is 0 Å². The predicted molar refractivity (Wildman–Crippen MR) is 57.4 cm³/mol. The Morgan fingerprint density at radius 1 is 1.43 bits per heavy atom. The molecule has 3 nitrogen and oxygen atoms in total. The van der Waals surface area contributed by atoms with Crippen LogP contribution >= 0.6 is 27.5 Å². The van der Waals surface area contributed by atoms with Crippen LogP contribution in [0.1, 0.15) is 0 Å². The van der Waals surface area contributed by atoms with E-state index < -0.39 is 0 Å². The van der Waals surface area contributed by atoms with Gasteiger partial charge in [0.25, 0.3) is 0 Å². The van der Waals surface area contributed by atoms with Gasteiger partial charge in [0.2, 0.25) is 5.95 Å². The van der Waals surface area contributed by atoms with Crippen LogP contribution in [-0.2, 0) is 0 Å². The Kier molecular flexibility index (Phi) is 2.47. The largest absolute Gasteiger partial charge is 0.367 e. The second-order valence-corrected chi connectivity index (χ2v) is 4.19. The summed E-state index contributed by atoms with van der Waals surface area (Å²) in [6, 6.07) is 4.39. The van der Waals surface area contributed by atoms with Gasteiger partial charge in [0.05, 0.1) is 0 Å². The minimum Gasteiger partial charge on any atom is -0.367 e. The molecule has 0 saturated carbocycles. The van der Waals surface area contributed by atoms with Gasteiger partial charge in [0.1, 0.15) is 10.8 Å². The summed E-state index contributed by atoms with van der Waals surface area (Å²) in [4.78, 5) is 4.00. The van der Waals surface area contributed by atoms with Gasteiger partial charge in [-0.1, -0.05) is 0 Å². The predicted octanol–water partition coefficient (Wildman–Crippen LogP) is 2.69. The lowest BCUT2D eigenvalue weighted by molar-refractivity contribution is 0.627. The SMILES string of the molecule is Nc1nsc(-c2ccc(F)cc2Br)n1. The maximum atomic E-state index is 12.8. The highest BCUT2D eigenvalue weighted by atomic mass is 79.9. The minimum atomic E-state index is -0.293. The fourth-order valence-corrected chi connectivity index (χ4v) is 2.31. The van der Waals surface area contributed by atoms with Gasteiger partial charge in [-0.05, 0) is 45.7 Å². The first-order valence-corrected chi connectivity index (χ1v) is 5.28. The Bertz CT molecular complexity index is 471. The molecular formula is C8H5BrFN3S. The van der Waals surface area contributed by atoms with Crippen LogP contribution < -0.4 is 5.73 Å². The number of hydrogen-bond donors (Lipinski definition) is 1. The number of hydrogen-bond acceptors (Lipinski definition) is 4. The van der Waals surface area contributed by atoms with Crippen LogP contribution in [-0.4, -0.2) is 9.36 Å². The van der Waals surface area contributed by atoms with E-state index in [0.29, 0.717) is 9.48 Å². The molecule has 2 aromatic rings. The molecule has 0 bridgehead atoms. The van der Waals surface area contributed by atoms with Crippen LogP contribution in [0, 0.1) is 5.82 Å². The first kappa shape index (κ1) is 9.54. The van der Waals surface area contributed by atoms with E-state index in [-0.39, 0.29) is 11.8 Å². The van der Waals surface area contributed by atoms with Gasteiger partial charge < -0.3 is 5.73 Å². The van der Waals surface area contributed by atoms with Crippen LogP contribution in [0.25, 0.3) is 10.6 Å². The first-order chi connectivity index (χ1) is 6.66. The zero-order valence-corrected chi connectivity index (χ0v) is 9.27. The van der Waals surface area contributed by atoms with Gasteiger partial charge in [0.15, 0.2) is 0 Å². The third-order valence-electron chi connectivity index (χ3n) is 1.60. The van der Waals surface area contributed by atoms with Crippen molar-refractivity contribution in [2.45, 2.75) is 0 Å². The average molecular weight is 274 g/mol. The van der Waals surface area contributed by atoms with Crippen LogP contribution in [0.4, 0.5) is 10.3 Å². The fourth-order valence-electron chi connectivity index (χ4n) is 1.01. The number of nitrogens with zero attached hydrogens (tertiary/aromatic N) is 2. The Labute approximate surface area is 92.1 Å². The summed E-state index contributed by atoms with van der Waals surface area (Å²) in [6.45, 7) is 0. The molecule has 0 aliphatic rings. The second-order valence-electron chi connectivity index (χ2n) is 2.58. The molecule has 1 aromatic carbocycles. The summed E-state index contributed by atoms with van der Waals surface area (Å²) < 4.78 is 17.3. The van der Waals surface area contributed by atoms with Crippen molar-refractivity contribution in [2.24, 2.45) is 0 Å². The summed E-state index contributed by atoms with van der Waals surface area (Å²) >= 11 is 4.44. The van der Waals surface area contributed by atoms with Gasteiger partial charge in [-0.15, -0.1) is 0 Å². The summed E-state index contributed by atoms with van der Waals surface area (Å²) in [5, 5.41) is 0.675. The van der Waals surface area contributed by atoms with E-state index in [4.69, 9.17) is 5.73 Å². The topological polar surface area (TPSA) is 51.8 Å². The maximum absolute atomic E-state index is 12.8. The third-order valence-corrected chi connectivity index (χ3v) is 3.02. The number of aromatic nitrogens is 2. The lowest BCUT2D eigenvalue weighted by Crippen LogP contribution is -1.86. The van der Waals surface area contributed by atoms with Crippen molar-refractivity contribution in [3.8, 4) is 10.6 Å². The molecule has 2 rings (SSSR count). The first-order valence-electron chi connectivity index (χ1n) is 3.71. The van der Waals surface area contributed by atoms with Crippen LogP contribution in [0.3, 0.4) is 0 Å². The molecule has 0 amide bonds. The quantitative estimate of drug-likeness (QED) is 0.869. The molecule has 0 saturated heterocycles. The molecule has 0 radical (unpaired) electrons. The zero-order chi connectivity index (χ0) is 10.1. The molecule has 0 aliphatic carbocycles. The third kappa shape index (κ3) is 1.76. The molecule has 0 atom stereocenters. The van der Waals surface area contributed by atoms with Crippen molar-refractivity contribution >= 4 is 33.4 Å². The minimum absolute atomic E-state index is 0.237. The van der Waals surface area contributed by atoms with E-state index in [0.717, 1.165) is 5.56 Å². The number of anilines is 1. The number of nitrogen functional groups attached to an aromatic ring is 1. The highest BCUT2D eigenvalue weighted by Crippen LogP contribution is 2.30. The van der Waals surface area contributed by atoms with E-state index in [9.17, 15) is 4.39 Å². The highest BCUT2D eigenvalue weighted by Gasteiger charge is 2.08. The van der Waals surface area contributed by atoms with Gasteiger partial charge in [-0.2, -0.15) is 9.36 Å². The van der Waals surface area contributed by atoms with Crippen molar-refractivity contribution in [3.05, 3.63) is 28.5 Å². The zero-order valence-electron chi connectivity index (χ0n) is 6.87. The van der Waals surface area contributed by atoms with E-state index >= 15 is 0 Å². The fraction of sp³-hybridized carbons (Fsp3) is 0. The summed E-state index contributed by atoms with van der Waals surface area (Å²) in [7, 11) is 0. The average Bonchev–Trinajstić information content (AvgIpc) is 2.51. The van der Waals surface area contributed by atoms with E-state index in [1.165, 1.54) is 23.7 Å². The monoisotopic (exact) mass is 273 g/mol. The number of halogens is 2. The maximum Gasteiger partial charge on any atom is 0.232 e. The molecule has 72 valence electrons. The second kappa shape index (κ2) is 3.62. The Hall–Kier alpha value is -1.01. The molecule has 14 heavy (non-hydrogen) atoms. The van der Waals surface area contributed by atoms with Gasteiger partial charge in [-0.3, -0.25) is 0 Å². The molecular weight excluding hydrogens is 269 g/mol. The van der Waals surface area contributed by atoms with E-state index in [2.05, 4.69) is 25.3 Å². The molecule has 1 heterocycles. The number of nitrogens with two attached hydrogens (primary N) is 1. The van der Waals surface area contributed by atoms with Gasteiger partial charge in [-0.25, -0.2) is 4.39 Å². The smallest absolute Gasteiger partial charge is 0.232 e. The highest BCUT2D eigenvalue weighted by molar-refractivity contribution is 9.10. The summed E-state index contributed by atoms with van der Waals surface area (Å²) in [5.74, 6) is -0.0562. The molecule has 0 aliphatic heterocycles. The lowest BCUT2D eigenvalue weighted by Gasteiger charge is -1.98. The number of rotatable bonds is 1. The van der Waals surface area contributed by atoms with E-state index in [1.807, 2.05) is 0 Å². The molecule has 0 spiro atoms. The van der Waals surface area contributed by atoms with Crippen molar-refractivity contribution < 1.29 is 4.39 Å². The van der Waals surface area contributed by atoms with Crippen molar-refractivity contribution in [3.63, 3.8) is 0 Å². The molecule has 1 aromatic heterocycles. The van der Waals surface area contributed by atoms with Crippen molar-refractivity contribution in [2.75, 3.05) is 5.73 Å². The lowest BCUT2D eigenvalue weighted by atomic mass is 10.2. The molecule has 0 unspecified atom stereocenters. The Morgan fingerprint density at radius 3 is 2.79 bits per heavy atom. The summed E-state index contributed by atoms with van der Waals surface area (Å²) in [6.07, 6.45) is 0. The van der Waals surface area contributed by atoms with Crippen molar-refractivity contribution in [1.82, 2.24) is 9.36 Å². The van der Waals surface area contributed by atoms with Crippen LogP contribution in [0.15, 0.2) is 22.7 Å². The summed E-state index contributed by atoms with van der Waals surface area (Å²) in [5.41, 5.74) is 6.19. The molecule has 2 N–H and O–H groups in total. The Balaban J connectivity index is 2.52. The standard InChI is InChI=1S/C8H5BrFN3S/c9-6-3-4(10)1-2-5(6)7-12-8(11)13-14-7/h1-3H,(H2,11,13). The number of benzene rings is 1. The molecule has 6 heteroatoms. The normalized spacial score (nSPS) is 10.4. The Morgan fingerprint density at radius 2 is 2.21 bits per heavy atom. The van der Waals surface area contributed by atoms with E-state index in [1.54, 1.807) is 6.07 Å². The van der Waals surface area contributed by atoms with Crippen molar-refractivity contribution in [1.29, 1.82) is 0 Å². The van der Waals surface area contributed by atoms with Gasteiger partial charge in [0, 0.05) is 10.0 Å². The molecule has 0 fully saturated rings. The van der Waals surface area contributed by atoms with Gasteiger partial charge >= 0.3 is 0 Å². The van der Waals surface area contributed by atoms with Crippen LogP contribution in [0.5, 0.6) is 0 Å².